The molecule has 0 aliphatic rings. The summed E-state index contributed by atoms with van der Waals surface area (Å²) >= 11 is 0. The Morgan fingerprint density at radius 3 is 2.57 bits per heavy atom. The van der Waals surface area contributed by atoms with E-state index in [-0.39, 0.29) is 24.3 Å². The van der Waals surface area contributed by atoms with Crippen molar-refractivity contribution in [1.82, 2.24) is 5.32 Å². The Hall–Kier alpha value is -3.78. The van der Waals surface area contributed by atoms with Crippen LogP contribution in [-0.2, 0) is 9.59 Å². The van der Waals surface area contributed by atoms with Gasteiger partial charge in [0.05, 0.1) is 11.0 Å². The summed E-state index contributed by atoms with van der Waals surface area (Å²) in [5.41, 5.74) is 1.05. The first kappa shape index (κ1) is 20.9. The van der Waals surface area contributed by atoms with Crippen molar-refractivity contribution in [2.75, 3.05) is 11.9 Å². The summed E-state index contributed by atoms with van der Waals surface area (Å²) in [5.74, 6) is -1.95. The number of anilines is 1. The number of hydrogen-bond acceptors (Lipinski definition) is 5. The summed E-state index contributed by atoms with van der Waals surface area (Å²) in [5, 5.41) is 28.2. The Kier molecular flexibility index (Phi) is 6.38. The van der Waals surface area contributed by atoms with Crippen molar-refractivity contribution in [3.63, 3.8) is 0 Å². The number of nitrogens with zero attached hydrogens (tertiary/aromatic N) is 1. The molecule has 0 saturated carbocycles. The molecule has 0 aliphatic carbocycles. The van der Waals surface area contributed by atoms with Crippen LogP contribution in [0.1, 0.15) is 23.7 Å². The number of amides is 2. The number of aliphatic hydroxyl groups excluding tert-OH is 1. The maximum Gasteiger partial charge on any atom is 0.313 e. The molecule has 0 fully saturated rings. The molecule has 1 atom stereocenters. The second-order valence-corrected chi connectivity index (χ2v) is 6.86. The third-order valence-corrected chi connectivity index (χ3v) is 4.69. The van der Waals surface area contributed by atoms with Gasteiger partial charge in [-0.2, -0.15) is 0 Å². The minimum atomic E-state index is -1.01. The Bertz CT molecular complexity index is 1110. The summed E-state index contributed by atoms with van der Waals surface area (Å²) in [6.07, 6.45) is -0.616. The lowest BCUT2D eigenvalue weighted by Gasteiger charge is -2.14. The predicted molar refractivity (Wildman–Crippen MR) is 113 cm³/mol. The van der Waals surface area contributed by atoms with Crippen LogP contribution in [0.3, 0.4) is 0 Å². The van der Waals surface area contributed by atoms with Gasteiger partial charge >= 0.3 is 11.8 Å². The highest BCUT2D eigenvalue weighted by molar-refractivity contribution is 6.39. The molecule has 0 aliphatic heterocycles. The van der Waals surface area contributed by atoms with Gasteiger partial charge in [0.2, 0.25) is 0 Å². The van der Waals surface area contributed by atoms with Gasteiger partial charge in [0.1, 0.15) is 5.69 Å². The molecule has 3 N–H and O–H groups in total. The van der Waals surface area contributed by atoms with E-state index in [0.717, 1.165) is 16.3 Å². The molecule has 0 radical (unpaired) electrons. The van der Waals surface area contributed by atoms with E-state index < -0.39 is 22.8 Å². The average molecular weight is 407 g/mol. The quantitative estimate of drug-likeness (QED) is 0.329. The fourth-order valence-electron chi connectivity index (χ4n) is 3.18. The van der Waals surface area contributed by atoms with Gasteiger partial charge in [0.25, 0.3) is 5.69 Å². The van der Waals surface area contributed by atoms with Crippen LogP contribution in [-0.4, -0.2) is 28.4 Å². The van der Waals surface area contributed by atoms with Crippen LogP contribution in [0.2, 0.25) is 0 Å². The van der Waals surface area contributed by atoms with Crippen molar-refractivity contribution in [3.8, 4) is 0 Å². The van der Waals surface area contributed by atoms with Gasteiger partial charge in [-0.15, -0.1) is 0 Å². The van der Waals surface area contributed by atoms with Gasteiger partial charge in [-0.3, -0.25) is 19.7 Å². The summed E-state index contributed by atoms with van der Waals surface area (Å²) in [6, 6.07) is 17.6. The molecule has 0 aromatic heterocycles. The molecule has 1 unspecified atom stereocenters. The second-order valence-electron chi connectivity index (χ2n) is 6.86. The van der Waals surface area contributed by atoms with E-state index in [0.29, 0.717) is 5.56 Å². The van der Waals surface area contributed by atoms with Crippen molar-refractivity contribution < 1.29 is 19.6 Å². The number of aryl methyl sites for hydroxylation is 1. The van der Waals surface area contributed by atoms with Crippen molar-refractivity contribution in [2.45, 2.75) is 19.4 Å². The highest BCUT2D eigenvalue weighted by Crippen LogP contribution is 2.26. The van der Waals surface area contributed by atoms with Crippen LogP contribution < -0.4 is 10.6 Å². The molecule has 8 nitrogen and oxygen atoms in total. The molecular weight excluding hydrogens is 386 g/mol. The van der Waals surface area contributed by atoms with E-state index >= 15 is 0 Å². The van der Waals surface area contributed by atoms with Gasteiger partial charge in [-0.25, -0.2) is 0 Å². The first-order valence-electron chi connectivity index (χ1n) is 9.37. The first-order chi connectivity index (χ1) is 14.4. The molecule has 0 spiro atoms. The number of carbonyl (C=O) groups excluding carboxylic acids is 2. The monoisotopic (exact) mass is 407 g/mol. The van der Waals surface area contributed by atoms with Crippen LogP contribution in [0, 0.1) is 17.0 Å². The zero-order valence-corrected chi connectivity index (χ0v) is 16.3. The number of carbonyl (C=O) groups is 2. The van der Waals surface area contributed by atoms with Gasteiger partial charge in [-0.05, 0) is 41.3 Å². The Morgan fingerprint density at radius 1 is 1.07 bits per heavy atom. The summed E-state index contributed by atoms with van der Waals surface area (Å²) < 4.78 is 0. The Balaban J connectivity index is 1.58. The molecule has 0 saturated heterocycles. The summed E-state index contributed by atoms with van der Waals surface area (Å²) in [4.78, 5) is 34.6. The van der Waals surface area contributed by atoms with Gasteiger partial charge < -0.3 is 15.7 Å². The van der Waals surface area contributed by atoms with Crippen molar-refractivity contribution in [1.29, 1.82) is 0 Å². The van der Waals surface area contributed by atoms with Crippen molar-refractivity contribution in [2.24, 2.45) is 0 Å². The average Bonchev–Trinajstić information content (AvgIpc) is 2.74. The van der Waals surface area contributed by atoms with Crippen LogP contribution in [0.4, 0.5) is 11.4 Å². The van der Waals surface area contributed by atoms with E-state index in [4.69, 9.17) is 0 Å². The zero-order chi connectivity index (χ0) is 21.7. The third kappa shape index (κ3) is 4.79. The standard InChI is InChI=1S/C22H21N3O5/c1-14-9-10-18(19(13-14)25(29)30)24-22(28)21(27)23-12-11-20(26)17-8-4-6-15-5-2-3-7-16(15)17/h2-10,13,20,26H,11-12H2,1H3,(H,23,27)(H,24,28). The number of rotatable bonds is 6. The zero-order valence-electron chi connectivity index (χ0n) is 16.3. The Morgan fingerprint density at radius 2 is 1.80 bits per heavy atom. The largest absolute Gasteiger partial charge is 0.388 e. The van der Waals surface area contributed by atoms with Gasteiger partial charge in [0, 0.05) is 12.6 Å². The topological polar surface area (TPSA) is 122 Å². The molecule has 0 bridgehead atoms. The smallest absolute Gasteiger partial charge is 0.313 e. The van der Waals surface area contributed by atoms with Crippen LogP contribution in [0.5, 0.6) is 0 Å². The normalized spacial score (nSPS) is 11.7. The number of nitro benzene ring substituents is 1. The molecule has 8 heteroatoms. The first-order valence-corrected chi connectivity index (χ1v) is 9.37. The van der Waals surface area contributed by atoms with Crippen LogP contribution in [0.25, 0.3) is 10.8 Å². The lowest BCUT2D eigenvalue weighted by molar-refractivity contribution is -0.384. The molecule has 0 heterocycles. The second kappa shape index (κ2) is 9.15. The molecule has 3 rings (SSSR count). The SMILES string of the molecule is Cc1ccc(NC(=O)C(=O)NCCC(O)c2cccc3ccccc23)c([N+](=O)[O-])c1. The number of aliphatic hydroxyl groups is 1. The van der Waals surface area contributed by atoms with Crippen molar-refractivity contribution in [3.05, 3.63) is 81.9 Å². The van der Waals surface area contributed by atoms with E-state index in [9.17, 15) is 24.8 Å². The van der Waals surface area contributed by atoms with E-state index in [2.05, 4.69) is 10.6 Å². The van der Waals surface area contributed by atoms with E-state index in [1.54, 1.807) is 13.0 Å². The maximum atomic E-state index is 12.1. The highest BCUT2D eigenvalue weighted by Gasteiger charge is 2.20. The number of hydrogen-bond donors (Lipinski definition) is 3. The number of nitrogens with one attached hydrogen (secondary N) is 2. The lowest BCUT2D eigenvalue weighted by Crippen LogP contribution is -2.36. The third-order valence-electron chi connectivity index (χ3n) is 4.69. The Labute approximate surface area is 172 Å². The lowest BCUT2D eigenvalue weighted by atomic mass is 9.99. The minimum Gasteiger partial charge on any atom is -0.388 e. The number of benzene rings is 3. The van der Waals surface area contributed by atoms with Gasteiger partial charge in [-0.1, -0.05) is 48.5 Å². The highest BCUT2D eigenvalue weighted by atomic mass is 16.6. The van der Waals surface area contributed by atoms with Crippen LogP contribution >= 0.6 is 0 Å². The van der Waals surface area contributed by atoms with E-state index in [1.807, 2.05) is 42.5 Å². The molecule has 2 amide bonds. The molecule has 30 heavy (non-hydrogen) atoms. The molecule has 154 valence electrons. The fraction of sp³-hybridized carbons (Fsp3) is 0.182. The molecule has 3 aromatic rings. The van der Waals surface area contributed by atoms with Crippen molar-refractivity contribution >= 4 is 34.0 Å². The summed E-state index contributed by atoms with van der Waals surface area (Å²) in [7, 11) is 0. The minimum absolute atomic E-state index is 0.0541. The number of fused-ring (bicyclic) bond motifs is 1. The number of nitro groups is 1. The van der Waals surface area contributed by atoms with Crippen LogP contribution in [0.15, 0.2) is 60.7 Å². The molecule has 3 aromatic carbocycles. The predicted octanol–water partition coefficient (Wildman–Crippen LogP) is 3.23. The maximum absolute atomic E-state index is 12.1. The fourth-order valence-corrected chi connectivity index (χ4v) is 3.18. The van der Waals surface area contributed by atoms with Gasteiger partial charge in [0.15, 0.2) is 0 Å². The summed E-state index contributed by atoms with van der Waals surface area (Å²) in [6.45, 7) is 1.75. The van der Waals surface area contributed by atoms with E-state index in [1.165, 1.54) is 12.1 Å². The molecular formula is C22H21N3O5.